The molecule has 0 unspecified atom stereocenters. The van der Waals surface area contributed by atoms with Crippen LogP contribution < -0.4 is 0 Å². The highest BCUT2D eigenvalue weighted by molar-refractivity contribution is 6.15. The lowest BCUT2D eigenvalue weighted by atomic mass is 9.91. The average Bonchev–Trinajstić information content (AvgIpc) is 3.56. The zero-order valence-electron chi connectivity index (χ0n) is 26.6. The lowest BCUT2D eigenvalue weighted by Crippen LogP contribution is -2.01. The largest absolute Gasteiger partial charge is 0.456 e. The monoisotopic (exact) mass is 627 g/mol. The van der Waals surface area contributed by atoms with E-state index in [-0.39, 0.29) is 0 Å². The summed E-state index contributed by atoms with van der Waals surface area (Å²) in [4.78, 5) is 15.4. The number of rotatable bonds is 4. The number of allylic oxidation sites excluding steroid dienone is 1. The maximum atomic E-state index is 6.30. The van der Waals surface area contributed by atoms with Crippen LogP contribution in [0.15, 0.2) is 150 Å². The van der Waals surface area contributed by atoms with Gasteiger partial charge < -0.3 is 4.42 Å². The van der Waals surface area contributed by atoms with Crippen molar-refractivity contribution in [3.63, 3.8) is 0 Å². The second-order valence-electron chi connectivity index (χ2n) is 12.7. The van der Waals surface area contributed by atoms with Gasteiger partial charge in [0, 0.05) is 27.5 Å². The van der Waals surface area contributed by atoms with Crippen molar-refractivity contribution in [3.05, 3.63) is 157 Å². The highest BCUT2D eigenvalue weighted by Crippen LogP contribution is 2.41. The molecule has 0 radical (unpaired) electrons. The fraction of sp³-hybridized carbons (Fsp3) is 0.0444. The molecule has 49 heavy (non-hydrogen) atoms. The van der Waals surface area contributed by atoms with Crippen molar-refractivity contribution in [2.24, 2.45) is 0 Å². The molecule has 2 aromatic heterocycles. The van der Waals surface area contributed by atoms with Crippen molar-refractivity contribution in [2.75, 3.05) is 0 Å². The zero-order chi connectivity index (χ0) is 32.3. The van der Waals surface area contributed by atoms with Crippen LogP contribution in [-0.4, -0.2) is 15.0 Å². The molecule has 0 spiro atoms. The number of hydrogen-bond acceptors (Lipinski definition) is 4. The normalized spacial score (nSPS) is 12.7. The van der Waals surface area contributed by atoms with Crippen LogP contribution in [0, 0.1) is 0 Å². The summed E-state index contributed by atoms with van der Waals surface area (Å²) in [5.41, 5.74) is 9.51. The lowest BCUT2D eigenvalue weighted by molar-refractivity contribution is 0.669. The Morgan fingerprint density at radius 3 is 2.10 bits per heavy atom. The first-order valence-electron chi connectivity index (χ1n) is 16.7. The van der Waals surface area contributed by atoms with Gasteiger partial charge in [-0.1, -0.05) is 121 Å². The van der Waals surface area contributed by atoms with Crippen molar-refractivity contribution < 1.29 is 4.42 Å². The van der Waals surface area contributed by atoms with Crippen LogP contribution in [0.25, 0.3) is 94.8 Å². The maximum Gasteiger partial charge on any atom is 0.164 e. The van der Waals surface area contributed by atoms with E-state index in [9.17, 15) is 0 Å². The number of hydrogen-bond donors (Lipinski definition) is 0. The van der Waals surface area contributed by atoms with E-state index in [1.165, 1.54) is 21.9 Å². The van der Waals surface area contributed by atoms with E-state index in [2.05, 4.69) is 115 Å². The van der Waals surface area contributed by atoms with Gasteiger partial charge in [0.2, 0.25) is 0 Å². The summed E-state index contributed by atoms with van der Waals surface area (Å²) in [5, 5.41) is 6.93. The molecular weight excluding hydrogens is 599 g/mol. The molecule has 0 saturated carbocycles. The number of para-hydroxylation sites is 1. The SMILES string of the molecule is C1=Cc2c(ccc3ccc(-c4nc(-c5ccccc5)nc(-c5cc(-c6cccc7oc8ccccc8c67)c6ccccc6c5)n4)cc23)CC1. The van der Waals surface area contributed by atoms with E-state index in [1.54, 1.807) is 0 Å². The number of nitrogens with zero attached hydrogens (tertiary/aromatic N) is 3. The first kappa shape index (κ1) is 27.7. The minimum atomic E-state index is 0.634. The van der Waals surface area contributed by atoms with Crippen molar-refractivity contribution >= 4 is 49.6 Å². The Morgan fingerprint density at radius 2 is 1.20 bits per heavy atom. The fourth-order valence-corrected chi connectivity index (χ4v) is 7.39. The Kier molecular flexibility index (Phi) is 6.28. The predicted molar refractivity (Wildman–Crippen MR) is 201 cm³/mol. The van der Waals surface area contributed by atoms with Crippen LogP contribution in [0.5, 0.6) is 0 Å². The molecule has 9 aromatic rings. The van der Waals surface area contributed by atoms with Gasteiger partial charge in [-0.05, 0) is 87.0 Å². The Hall–Kier alpha value is -6.39. The highest BCUT2D eigenvalue weighted by Gasteiger charge is 2.19. The Bertz CT molecular complexity index is 2780. The zero-order valence-corrected chi connectivity index (χ0v) is 26.6. The molecule has 1 aliphatic rings. The molecular formula is C45H29N3O. The fourth-order valence-electron chi connectivity index (χ4n) is 7.39. The molecule has 0 bridgehead atoms. The van der Waals surface area contributed by atoms with E-state index >= 15 is 0 Å². The molecule has 0 fully saturated rings. The van der Waals surface area contributed by atoms with E-state index in [0.717, 1.165) is 73.4 Å². The number of aryl methyl sites for hydroxylation is 1. The van der Waals surface area contributed by atoms with Gasteiger partial charge in [-0.25, -0.2) is 15.0 Å². The summed E-state index contributed by atoms with van der Waals surface area (Å²) in [6.45, 7) is 0. The summed E-state index contributed by atoms with van der Waals surface area (Å²) in [5.74, 6) is 1.93. The van der Waals surface area contributed by atoms with Gasteiger partial charge in [0.25, 0.3) is 0 Å². The molecule has 7 aromatic carbocycles. The third-order valence-corrected chi connectivity index (χ3v) is 9.76. The number of benzene rings is 7. The number of fused-ring (bicyclic) bond motifs is 7. The molecule has 0 aliphatic heterocycles. The summed E-state index contributed by atoms with van der Waals surface area (Å²) in [6.07, 6.45) is 6.67. The minimum Gasteiger partial charge on any atom is -0.456 e. The van der Waals surface area contributed by atoms with Crippen molar-refractivity contribution in [2.45, 2.75) is 12.8 Å². The minimum absolute atomic E-state index is 0.634. The van der Waals surface area contributed by atoms with Crippen molar-refractivity contribution in [3.8, 4) is 45.3 Å². The van der Waals surface area contributed by atoms with Crippen LogP contribution >= 0.6 is 0 Å². The van der Waals surface area contributed by atoms with E-state index in [1.807, 2.05) is 36.4 Å². The van der Waals surface area contributed by atoms with E-state index < -0.39 is 0 Å². The van der Waals surface area contributed by atoms with Gasteiger partial charge in [-0.3, -0.25) is 0 Å². The summed E-state index contributed by atoms with van der Waals surface area (Å²) in [7, 11) is 0. The van der Waals surface area contributed by atoms with Crippen LogP contribution in [0.2, 0.25) is 0 Å². The lowest BCUT2D eigenvalue weighted by Gasteiger charge is -2.15. The highest BCUT2D eigenvalue weighted by atomic mass is 16.3. The molecule has 2 heterocycles. The van der Waals surface area contributed by atoms with Gasteiger partial charge in [0.1, 0.15) is 11.2 Å². The van der Waals surface area contributed by atoms with Crippen LogP contribution in [0.1, 0.15) is 17.5 Å². The Labute approximate surface area is 283 Å². The van der Waals surface area contributed by atoms with Gasteiger partial charge in [-0.15, -0.1) is 0 Å². The van der Waals surface area contributed by atoms with Crippen molar-refractivity contribution in [1.82, 2.24) is 15.0 Å². The predicted octanol–water partition coefficient (Wildman–Crippen LogP) is 11.7. The topological polar surface area (TPSA) is 51.8 Å². The van der Waals surface area contributed by atoms with Gasteiger partial charge >= 0.3 is 0 Å². The van der Waals surface area contributed by atoms with E-state index in [4.69, 9.17) is 19.4 Å². The molecule has 1 aliphatic carbocycles. The maximum absolute atomic E-state index is 6.30. The Balaban J connectivity index is 1.22. The second kappa shape index (κ2) is 11.1. The average molecular weight is 628 g/mol. The standard InChI is InChI=1S/C45H29N3O/c1-2-12-30(13-3-1)43-46-44(32-24-23-29-22-21-28-11-4-6-15-34(28)38(29)26-32)48-45(47-43)33-25-31-14-5-7-16-35(31)39(27-33)36-18-10-20-41-42(36)37-17-8-9-19-40(37)49-41/h1-3,5-10,12-27H,4,11H2. The second-order valence-corrected chi connectivity index (χ2v) is 12.7. The van der Waals surface area contributed by atoms with Crippen molar-refractivity contribution in [1.29, 1.82) is 0 Å². The smallest absolute Gasteiger partial charge is 0.164 e. The molecule has 0 saturated heterocycles. The van der Waals surface area contributed by atoms with Gasteiger partial charge in [-0.2, -0.15) is 0 Å². The van der Waals surface area contributed by atoms with E-state index in [0.29, 0.717) is 17.5 Å². The third-order valence-electron chi connectivity index (χ3n) is 9.76. The first-order chi connectivity index (χ1) is 24.3. The molecule has 4 nitrogen and oxygen atoms in total. The molecule has 0 amide bonds. The molecule has 4 heteroatoms. The van der Waals surface area contributed by atoms with Gasteiger partial charge in [0.05, 0.1) is 0 Å². The number of aromatic nitrogens is 3. The summed E-state index contributed by atoms with van der Waals surface area (Å²) >= 11 is 0. The third kappa shape index (κ3) is 4.64. The molecule has 10 rings (SSSR count). The van der Waals surface area contributed by atoms with Crippen LogP contribution in [0.4, 0.5) is 0 Å². The summed E-state index contributed by atoms with van der Waals surface area (Å²) in [6, 6.07) is 48.8. The molecule has 230 valence electrons. The first-order valence-corrected chi connectivity index (χ1v) is 16.7. The van der Waals surface area contributed by atoms with Gasteiger partial charge in [0.15, 0.2) is 17.5 Å². The quantitative estimate of drug-likeness (QED) is 0.195. The van der Waals surface area contributed by atoms with Crippen LogP contribution in [0.3, 0.4) is 0 Å². The molecule has 0 atom stereocenters. The van der Waals surface area contributed by atoms with Crippen LogP contribution in [-0.2, 0) is 6.42 Å². The molecule has 0 N–H and O–H groups in total. The summed E-state index contributed by atoms with van der Waals surface area (Å²) < 4.78 is 6.30. The number of furan rings is 1. The Morgan fingerprint density at radius 1 is 0.469 bits per heavy atom.